The fourth-order valence-electron chi connectivity index (χ4n) is 1.35. The first-order valence-corrected chi connectivity index (χ1v) is 4.65. The van der Waals surface area contributed by atoms with Gasteiger partial charge in [0.15, 0.2) is 0 Å². The van der Waals surface area contributed by atoms with Gasteiger partial charge in [-0.05, 0) is 24.1 Å². The number of nitrogens with zero attached hydrogens (tertiary/aromatic N) is 1. The van der Waals surface area contributed by atoms with Gasteiger partial charge in [-0.3, -0.25) is 4.98 Å². The van der Waals surface area contributed by atoms with Crippen molar-refractivity contribution in [1.82, 2.24) is 4.98 Å². The SMILES string of the molecule is N=C([O-])c1ccc(-c2cccc(F)c2)nc1. The molecule has 0 amide bonds. The third-order valence-electron chi connectivity index (χ3n) is 2.15. The van der Waals surface area contributed by atoms with Gasteiger partial charge in [0.2, 0.25) is 0 Å². The van der Waals surface area contributed by atoms with Gasteiger partial charge in [-0.1, -0.05) is 18.2 Å². The zero-order valence-corrected chi connectivity index (χ0v) is 8.27. The van der Waals surface area contributed by atoms with Crippen molar-refractivity contribution in [2.45, 2.75) is 0 Å². The molecule has 1 aromatic carbocycles. The molecule has 80 valence electrons. The third-order valence-corrected chi connectivity index (χ3v) is 2.15. The number of hydrogen-bond acceptors (Lipinski definition) is 3. The highest BCUT2D eigenvalue weighted by atomic mass is 19.1. The van der Waals surface area contributed by atoms with E-state index >= 15 is 0 Å². The van der Waals surface area contributed by atoms with Crippen LogP contribution in [0.1, 0.15) is 5.56 Å². The molecule has 3 nitrogen and oxygen atoms in total. The van der Waals surface area contributed by atoms with Crippen molar-refractivity contribution in [1.29, 1.82) is 5.41 Å². The van der Waals surface area contributed by atoms with Crippen molar-refractivity contribution >= 4 is 5.90 Å². The molecule has 0 unspecified atom stereocenters. The molecule has 0 spiro atoms. The van der Waals surface area contributed by atoms with Crippen molar-refractivity contribution in [2.75, 3.05) is 0 Å². The van der Waals surface area contributed by atoms with Crippen LogP contribution in [0, 0.1) is 11.2 Å². The Balaban J connectivity index is 2.38. The molecule has 0 saturated carbocycles. The van der Waals surface area contributed by atoms with E-state index in [4.69, 9.17) is 5.41 Å². The summed E-state index contributed by atoms with van der Waals surface area (Å²) in [5.74, 6) is -1.11. The zero-order chi connectivity index (χ0) is 11.5. The monoisotopic (exact) mass is 215 g/mol. The van der Waals surface area contributed by atoms with E-state index in [-0.39, 0.29) is 11.4 Å². The van der Waals surface area contributed by atoms with Gasteiger partial charge in [0.1, 0.15) is 5.82 Å². The van der Waals surface area contributed by atoms with Gasteiger partial charge in [0.05, 0.1) is 5.69 Å². The fourth-order valence-corrected chi connectivity index (χ4v) is 1.35. The number of hydrogen-bond donors (Lipinski definition) is 1. The normalized spacial score (nSPS) is 10.1. The zero-order valence-electron chi connectivity index (χ0n) is 8.27. The van der Waals surface area contributed by atoms with Crippen LogP contribution in [-0.2, 0) is 0 Å². The molecule has 2 aromatic rings. The van der Waals surface area contributed by atoms with E-state index in [9.17, 15) is 9.50 Å². The van der Waals surface area contributed by atoms with E-state index in [1.807, 2.05) is 0 Å². The molecule has 0 aliphatic rings. The fraction of sp³-hybridized carbons (Fsp3) is 0. The number of aromatic nitrogens is 1. The molecular weight excluding hydrogens is 207 g/mol. The molecule has 0 saturated heterocycles. The van der Waals surface area contributed by atoms with Gasteiger partial charge in [-0.25, -0.2) is 4.39 Å². The van der Waals surface area contributed by atoms with Gasteiger partial charge in [0, 0.05) is 17.3 Å². The van der Waals surface area contributed by atoms with Crippen molar-refractivity contribution in [2.24, 2.45) is 0 Å². The Kier molecular flexibility index (Phi) is 2.64. The number of nitrogens with one attached hydrogen (secondary N) is 1. The van der Waals surface area contributed by atoms with Crippen LogP contribution < -0.4 is 5.11 Å². The van der Waals surface area contributed by atoms with E-state index in [0.29, 0.717) is 11.3 Å². The minimum absolute atomic E-state index is 0.222. The molecule has 1 heterocycles. The van der Waals surface area contributed by atoms with Gasteiger partial charge in [-0.2, -0.15) is 0 Å². The molecular formula is C12H8FN2O-. The summed E-state index contributed by atoms with van der Waals surface area (Å²) >= 11 is 0. The Morgan fingerprint density at radius 3 is 2.62 bits per heavy atom. The van der Waals surface area contributed by atoms with Gasteiger partial charge >= 0.3 is 0 Å². The summed E-state index contributed by atoms with van der Waals surface area (Å²) in [5.41, 5.74) is 1.44. The average Bonchev–Trinajstić information content (AvgIpc) is 2.29. The lowest BCUT2D eigenvalue weighted by molar-refractivity contribution is -0.214. The van der Waals surface area contributed by atoms with Crippen LogP contribution in [0.5, 0.6) is 0 Å². The van der Waals surface area contributed by atoms with Crippen LogP contribution >= 0.6 is 0 Å². The van der Waals surface area contributed by atoms with E-state index in [0.717, 1.165) is 0 Å². The highest BCUT2D eigenvalue weighted by molar-refractivity contribution is 5.87. The lowest BCUT2D eigenvalue weighted by atomic mass is 10.1. The third kappa shape index (κ3) is 2.06. The second-order valence-electron chi connectivity index (χ2n) is 3.27. The Hall–Kier alpha value is -2.23. The Bertz CT molecular complexity index is 523. The number of benzene rings is 1. The first kappa shape index (κ1) is 10.3. The topological polar surface area (TPSA) is 59.8 Å². The molecule has 0 aliphatic heterocycles. The van der Waals surface area contributed by atoms with Gasteiger partial charge < -0.3 is 10.5 Å². The Labute approximate surface area is 91.7 Å². The maximum absolute atomic E-state index is 12.9. The van der Waals surface area contributed by atoms with Crippen LogP contribution in [0.2, 0.25) is 0 Å². The summed E-state index contributed by atoms with van der Waals surface area (Å²) in [6.07, 6.45) is 1.32. The second kappa shape index (κ2) is 4.10. The quantitative estimate of drug-likeness (QED) is 0.610. The standard InChI is InChI=1S/C12H9FN2O/c13-10-3-1-2-8(6-10)11-5-4-9(7-15-11)12(14)16/h1-7H,(H2,14,16)/p-1. The van der Waals surface area contributed by atoms with Crippen molar-refractivity contribution in [3.63, 3.8) is 0 Å². The molecule has 0 bridgehead atoms. The summed E-state index contributed by atoms with van der Waals surface area (Å²) in [5, 5.41) is 17.6. The lowest BCUT2D eigenvalue weighted by Crippen LogP contribution is -2.16. The smallest absolute Gasteiger partial charge is 0.123 e. The average molecular weight is 215 g/mol. The minimum atomic E-state index is -0.779. The molecule has 16 heavy (non-hydrogen) atoms. The van der Waals surface area contributed by atoms with Crippen LogP contribution in [0.3, 0.4) is 0 Å². The molecule has 0 fully saturated rings. The first-order valence-electron chi connectivity index (χ1n) is 4.65. The van der Waals surface area contributed by atoms with Crippen LogP contribution in [0.25, 0.3) is 11.3 Å². The largest absolute Gasteiger partial charge is 0.859 e. The van der Waals surface area contributed by atoms with Gasteiger partial charge in [-0.15, -0.1) is 0 Å². The molecule has 4 heteroatoms. The molecule has 0 aliphatic carbocycles. The molecule has 0 atom stereocenters. The maximum Gasteiger partial charge on any atom is 0.123 e. The highest BCUT2D eigenvalue weighted by Gasteiger charge is 2.00. The Morgan fingerprint density at radius 2 is 2.06 bits per heavy atom. The maximum atomic E-state index is 12.9. The van der Waals surface area contributed by atoms with Crippen LogP contribution in [0.4, 0.5) is 4.39 Å². The predicted octanol–water partition coefficient (Wildman–Crippen LogP) is 1.57. The molecule has 2 rings (SSSR count). The first-order chi connectivity index (χ1) is 7.66. The van der Waals surface area contributed by atoms with Crippen molar-refractivity contribution in [3.05, 3.63) is 54.0 Å². The summed E-state index contributed by atoms with van der Waals surface area (Å²) in [4.78, 5) is 4.00. The highest BCUT2D eigenvalue weighted by Crippen LogP contribution is 2.17. The van der Waals surface area contributed by atoms with Crippen LogP contribution in [-0.4, -0.2) is 10.9 Å². The van der Waals surface area contributed by atoms with Gasteiger partial charge in [0.25, 0.3) is 0 Å². The summed E-state index contributed by atoms with van der Waals surface area (Å²) < 4.78 is 12.9. The minimum Gasteiger partial charge on any atom is -0.859 e. The number of halogens is 1. The molecule has 1 N–H and O–H groups in total. The van der Waals surface area contributed by atoms with E-state index in [1.54, 1.807) is 18.2 Å². The summed E-state index contributed by atoms with van der Waals surface area (Å²) in [7, 11) is 0. The van der Waals surface area contributed by atoms with E-state index in [1.165, 1.54) is 24.4 Å². The second-order valence-corrected chi connectivity index (χ2v) is 3.27. The lowest BCUT2D eigenvalue weighted by Gasteiger charge is -2.07. The van der Waals surface area contributed by atoms with Crippen molar-refractivity contribution < 1.29 is 9.50 Å². The number of rotatable bonds is 2. The number of pyridine rings is 1. The molecule has 1 aromatic heterocycles. The Morgan fingerprint density at radius 1 is 1.25 bits per heavy atom. The van der Waals surface area contributed by atoms with Crippen LogP contribution in [0.15, 0.2) is 42.6 Å². The van der Waals surface area contributed by atoms with Crippen molar-refractivity contribution in [3.8, 4) is 11.3 Å². The molecule has 0 radical (unpaired) electrons. The summed E-state index contributed by atoms with van der Waals surface area (Å²) in [6.45, 7) is 0. The predicted molar refractivity (Wildman–Crippen MR) is 56.5 cm³/mol. The summed E-state index contributed by atoms with van der Waals surface area (Å²) in [6, 6.07) is 9.14. The van der Waals surface area contributed by atoms with E-state index < -0.39 is 5.90 Å². The van der Waals surface area contributed by atoms with E-state index in [2.05, 4.69) is 4.98 Å².